The molecule has 0 bridgehead atoms. The third-order valence-corrected chi connectivity index (χ3v) is 11.9. The summed E-state index contributed by atoms with van der Waals surface area (Å²) in [5, 5.41) is 9.80. The summed E-state index contributed by atoms with van der Waals surface area (Å²) in [7, 11) is -3.27. The molecule has 0 saturated carbocycles. The van der Waals surface area contributed by atoms with Gasteiger partial charge in [0.05, 0.1) is 29.6 Å². The van der Waals surface area contributed by atoms with Gasteiger partial charge >= 0.3 is 0 Å². The molecule has 4 atom stereocenters. The lowest BCUT2D eigenvalue weighted by atomic mass is 9.82. The van der Waals surface area contributed by atoms with Crippen molar-refractivity contribution in [2.75, 3.05) is 16.4 Å². The number of amides is 2. The maximum Gasteiger partial charge on any atom is 0.266 e. The van der Waals surface area contributed by atoms with Gasteiger partial charge in [-0.15, -0.1) is 0 Å². The van der Waals surface area contributed by atoms with E-state index in [9.17, 15) is 14.7 Å². The predicted octanol–water partition coefficient (Wildman–Crippen LogP) is 7.48. The number of nitrogens with zero attached hydrogens (tertiary/aromatic N) is 2. The lowest BCUT2D eigenvalue weighted by Crippen LogP contribution is -2.45. The Morgan fingerprint density at radius 3 is 2.33 bits per heavy atom. The number of aliphatic hydroxyl groups is 1. The standard InChI is InChI=1S/C36H35FN2O5Si/c1-23-33(45(2,3)37)32(19-20-40)44-36(23)27-14-5-6-15-28(27)38(35(36)42)22-24-11-10-12-25(21-24)39-29-16-7-9-18-31(29)43-30-17-8-4-13-26(30)34(39)41/h4-18,21,23,32-33,40H,19-20,22H2,1-3H3/t23-,32+,33-,36+/m1/s1. The van der Waals surface area contributed by atoms with Crippen molar-refractivity contribution in [2.24, 2.45) is 5.92 Å². The van der Waals surface area contributed by atoms with E-state index in [4.69, 9.17) is 9.47 Å². The van der Waals surface area contributed by atoms with Gasteiger partial charge in [-0.1, -0.05) is 61.5 Å². The molecule has 3 heterocycles. The Morgan fingerprint density at radius 1 is 0.889 bits per heavy atom. The summed E-state index contributed by atoms with van der Waals surface area (Å²) in [5.41, 5.74) is 2.17. The fourth-order valence-electron chi connectivity index (χ4n) is 7.60. The van der Waals surface area contributed by atoms with Crippen LogP contribution in [0.2, 0.25) is 18.6 Å². The van der Waals surface area contributed by atoms with Crippen LogP contribution in [0.3, 0.4) is 0 Å². The summed E-state index contributed by atoms with van der Waals surface area (Å²) in [6, 6.07) is 29.7. The van der Waals surface area contributed by atoms with Gasteiger partial charge in [-0.05, 0) is 67.5 Å². The summed E-state index contributed by atoms with van der Waals surface area (Å²) in [6.45, 7) is 5.30. The van der Waals surface area contributed by atoms with Gasteiger partial charge in [0.1, 0.15) is 5.75 Å². The van der Waals surface area contributed by atoms with Gasteiger partial charge in [-0.2, -0.15) is 0 Å². The van der Waals surface area contributed by atoms with Crippen molar-refractivity contribution in [1.82, 2.24) is 0 Å². The van der Waals surface area contributed by atoms with E-state index in [0.29, 0.717) is 28.4 Å². The van der Waals surface area contributed by atoms with Gasteiger partial charge in [0.15, 0.2) is 11.4 Å². The summed E-state index contributed by atoms with van der Waals surface area (Å²) < 4.78 is 28.6. The number of aliphatic hydroxyl groups excluding tert-OH is 1. The Balaban J connectivity index is 1.27. The highest BCUT2D eigenvalue weighted by atomic mass is 28.4. The third-order valence-electron chi connectivity index (χ3n) is 9.44. The van der Waals surface area contributed by atoms with E-state index in [1.165, 1.54) is 0 Å². The monoisotopic (exact) mass is 622 g/mol. The van der Waals surface area contributed by atoms with Crippen LogP contribution in [0.4, 0.5) is 21.2 Å². The molecular formula is C36H35FN2O5Si. The van der Waals surface area contributed by atoms with Crippen molar-refractivity contribution in [3.8, 4) is 11.5 Å². The van der Waals surface area contributed by atoms with E-state index in [1.807, 2.05) is 91.9 Å². The van der Waals surface area contributed by atoms with Gasteiger partial charge in [-0.3, -0.25) is 14.5 Å². The van der Waals surface area contributed by atoms with Crippen LogP contribution in [0.5, 0.6) is 11.5 Å². The fraction of sp³-hybridized carbons (Fsp3) is 0.278. The maximum atomic E-state index is 15.8. The number of anilines is 3. The summed E-state index contributed by atoms with van der Waals surface area (Å²) in [4.78, 5) is 31.9. The number of benzene rings is 4. The van der Waals surface area contributed by atoms with E-state index >= 15 is 4.11 Å². The molecule has 1 saturated heterocycles. The van der Waals surface area contributed by atoms with Crippen molar-refractivity contribution in [3.63, 3.8) is 0 Å². The van der Waals surface area contributed by atoms with Crippen LogP contribution >= 0.6 is 0 Å². The van der Waals surface area contributed by atoms with E-state index in [2.05, 4.69) is 0 Å². The molecule has 7 rings (SSSR count). The normalized spacial score (nSPS) is 23.9. The smallest absolute Gasteiger partial charge is 0.266 e. The molecule has 3 aliphatic heterocycles. The second kappa shape index (κ2) is 10.9. The molecule has 1 N–H and O–H groups in total. The highest BCUT2D eigenvalue weighted by Gasteiger charge is 2.66. The van der Waals surface area contributed by atoms with Crippen molar-refractivity contribution in [1.29, 1.82) is 0 Å². The second-order valence-corrected chi connectivity index (χ2v) is 16.4. The minimum atomic E-state index is -3.27. The van der Waals surface area contributed by atoms with E-state index in [-0.39, 0.29) is 31.4 Å². The van der Waals surface area contributed by atoms with Crippen LogP contribution in [0.25, 0.3) is 0 Å². The Kier molecular flexibility index (Phi) is 7.15. The SMILES string of the molecule is C[C@@H]1[C@@H]([Si](C)(C)F)[C@H](CCO)O[C@@]12C(=O)N(Cc1cccc(N3C(=O)c4ccccc4Oc4ccccc43)c1)c1ccccc12. The van der Waals surface area contributed by atoms with Gasteiger partial charge < -0.3 is 23.6 Å². The molecular weight excluding hydrogens is 587 g/mol. The van der Waals surface area contributed by atoms with Crippen LogP contribution in [0.1, 0.15) is 34.8 Å². The molecule has 0 aromatic heterocycles. The number of ether oxygens (including phenoxy) is 2. The Morgan fingerprint density at radius 2 is 1.58 bits per heavy atom. The number of hydrogen-bond acceptors (Lipinski definition) is 5. The lowest BCUT2D eigenvalue weighted by molar-refractivity contribution is -0.146. The molecule has 0 aliphatic carbocycles. The van der Waals surface area contributed by atoms with Crippen LogP contribution in [-0.4, -0.2) is 38.0 Å². The predicted molar refractivity (Wildman–Crippen MR) is 173 cm³/mol. The van der Waals surface area contributed by atoms with Crippen LogP contribution in [0, 0.1) is 5.92 Å². The van der Waals surface area contributed by atoms with Crippen LogP contribution in [-0.2, 0) is 21.7 Å². The summed E-state index contributed by atoms with van der Waals surface area (Å²) in [6.07, 6.45) is -0.288. The second-order valence-electron chi connectivity index (χ2n) is 12.6. The first kappa shape index (κ1) is 29.4. The van der Waals surface area contributed by atoms with Crippen LogP contribution in [0.15, 0.2) is 97.1 Å². The minimum absolute atomic E-state index is 0.144. The molecule has 7 nitrogen and oxygen atoms in total. The van der Waals surface area contributed by atoms with E-state index in [0.717, 1.165) is 16.8 Å². The Bertz CT molecular complexity index is 1810. The Hall–Kier alpha value is -4.31. The fourth-order valence-corrected chi connectivity index (χ4v) is 10.1. The van der Waals surface area contributed by atoms with Gasteiger partial charge in [0.2, 0.25) is 8.41 Å². The largest absolute Gasteiger partial charge is 0.454 e. The van der Waals surface area contributed by atoms with Crippen molar-refractivity contribution in [3.05, 3.63) is 114 Å². The third kappa shape index (κ3) is 4.60. The topological polar surface area (TPSA) is 79.3 Å². The molecule has 0 radical (unpaired) electrons. The summed E-state index contributed by atoms with van der Waals surface area (Å²) in [5.74, 6) is 0.175. The number of rotatable bonds is 6. The number of fused-ring (bicyclic) bond motifs is 4. The highest BCUT2D eigenvalue weighted by Crippen LogP contribution is 2.60. The van der Waals surface area contributed by atoms with E-state index in [1.54, 1.807) is 35.0 Å². The van der Waals surface area contributed by atoms with Crippen LogP contribution < -0.4 is 14.5 Å². The van der Waals surface area contributed by atoms with E-state index < -0.39 is 31.6 Å². The van der Waals surface area contributed by atoms with Crippen molar-refractivity contribution < 1.29 is 28.3 Å². The zero-order chi connectivity index (χ0) is 31.5. The number of hydrogen-bond donors (Lipinski definition) is 1. The first-order valence-electron chi connectivity index (χ1n) is 15.3. The molecule has 4 aromatic rings. The Labute approximate surface area is 263 Å². The summed E-state index contributed by atoms with van der Waals surface area (Å²) >= 11 is 0. The molecule has 0 unspecified atom stereocenters. The maximum absolute atomic E-state index is 15.8. The quantitative estimate of drug-likeness (QED) is 0.178. The average molecular weight is 623 g/mol. The number of halogens is 1. The zero-order valence-electron chi connectivity index (χ0n) is 25.4. The van der Waals surface area contributed by atoms with Crippen molar-refractivity contribution in [2.45, 2.75) is 50.2 Å². The molecule has 2 amide bonds. The number of para-hydroxylation sites is 4. The molecule has 230 valence electrons. The van der Waals surface area contributed by atoms with Gasteiger partial charge in [-0.25, -0.2) is 0 Å². The molecule has 45 heavy (non-hydrogen) atoms. The average Bonchev–Trinajstić information content (AvgIpc) is 3.40. The zero-order valence-corrected chi connectivity index (χ0v) is 26.4. The van der Waals surface area contributed by atoms with Gasteiger partial charge in [0.25, 0.3) is 11.8 Å². The lowest BCUT2D eigenvalue weighted by Gasteiger charge is -2.31. The number of carbonyl (C=O) groups is 2. The number of carbonyl (C=O) groups excluding carboxylic acids is 2. The molecule has 1 fully saturated rings. The highest BCUT2D eigenvalue weighted by molar-refractivity contribution is 6.72. The molecule has 3 aliphatic rings. The molecule has 9 heteroatoms. The first-order valence-corrected chi connectivity index (χ1v) is 18.3. The molecule has 1 spiro atoms. The first-order chi connectivity index (χ1) is 21.6. The molecule has 4 aromatic carbocycles. The van der Waals surface area contributed by atoms with Crippen molar-refractivity contribution >= 4 is 37.3 Å². The minimum Gasteiger partial charge on any atom is -0.454 e. The van der Waals surface area contributed by atoms with Gasteiger partial charge in [0, 0.05) is 29.3 Å².